The number of hydrogen-bond acceptors (Lipinski definition) is 5. The molecule has 2 amide bonds. The predicted octanol–water partition coefficient (Wildman–Crippen LogP) is 3.90. The second-order valence-corrected chi connectivity index (χ2v) is 8.53. The third kappa shape index (κ3) is 5.33. The summed E-state index contributed by atoms with van der Waals surface area (Å²) >= 11 is 1.38. The summed E-state index contributed by atoms with van der Waals surface area (Å²) in [6.07, 6.45) is 4.85. The summed E-state index contributed by atoms with van der Waals surface area (Å²) in [5, 5.41) is 4.71. The standard InChI is InChI=1S/C23H30N2O4S/c1-16(24-22(26)21-8-6-14-30-21)23(27)25-13-5-4-7-18(25)11-9-17-10-12-19(28-2)20(15-17)29-3/h6,8,10,12,14-16,18H,4-5,7,9,11,13H2,1-3H3,(H,24,26). The van der Waals surface area contributed by atoms with Gasteiger partial charge in [-0.1, -0.05) is 12.1 Å². The van der Waals surface area contributed by atoms with Gasteiger partial charge in [-0.25, -0.2) is 0 Å². The van der Waals surface area contributed by atoms with E-state index in [2.05, 4.69) is 5.32 Å². The zero-order chi connectivity index (χ0) is 21.5. The smallest absolute Gasteiger partial charge is 0.261 e. The zero-order valence-electron chi connectivity index (χ0n) is 17.8. The van der Waals surface area contributed by atoms with Gasteiger partial charge < -0.3 is 19.7 Å². The van der Waals surface area contributed by atoms with Crippen LogP contribution in [0.4, 0.5) is 0 Å². The Labute approximate surface area is 182 Å². The highest BCUT2D eigenvalue weighted by atomic mass is 32.1. The molecule has 1 saturated heterocycles. The molecule has 1 aromatic heterocycles. The number of amides is 2. The van der Waals surface area contributed by atoms with Crippen molar-refractivity contribution in [2.45, 2.75) is 51.1 Å². The number of piperidine rings is 1. The number of nitrogens with one attached hydrogen (secondary N) is 1. The summed E-state index contributed by atoms with van der Waals surface area (Å²) in [5.41, 5.74) is 1.16. The monoisotopic (exact) mass is 430 g/mol. The first kappa shape index (κ1) is 22.2. The van der Waals surface area contributed by atoms with Crippen molar-refractivity contribution in [1.29, 1.82) is 0 Å². The summed E-state index contributed by atoms with van der Waals surface area (Å²) in [5.74, 6) is 1.24. The van der Waals surface area contributed by atoms with Gasteiger partial charge >= 0.3 is 0 Å². The fourth-order valence-electron chi connectivity index (χ4n) is 3.95. The van der Waals surface area contributed by atoms with Crippen molar-refractivity contribution in [3.63, 3.8) is 0 Å². The number of ether oxygens (including phenoxy) is 2. The second kappa shape index (κ2) is 10.5. The Bertz CT molecular complexity index is 853. The third-order valence-corrected chi connectivity index (χ3v) is 6.46. The summed E-state index contributed by atoms with van der Waals surface area (Å²) in [4.78, 5) is 28.0. The molecule has 2 atom stereocenters. The highest BCUT2D eigenvalue weighted by Crippen LogP contribution is 2.29. The zero-order valence-corrected chi connectivity index (χ0v) is 18.7. The molecule has 6 nitrogen and oxygen atoms in total. The van der Waals surface area contributed by atoms with E-state index in [9.17, 15) is 9.59 Å². The lowest BCUT2D eigenvalue weighted by Crippen LogP contribution is -2.52. The highest BCUT2D eigenvalue weighted by Gasteiger charge is 2.30. The summed E-state index contributed by atoms with van der Waals surface area (Å²) in [7, 11) is 3.26. The maximum absolute atomic E-state index is 13.1. The Balaban J connectivity index is 1.61. The number of thiophene rings is 1. The molecule has 1 fully saturated rings. The van der Waals surface area contributed by atoms with E-state index < -0.39 is 6.04 Å². The van der Waals surface area contributed by atoms with Crippen molar-refractivity contribution in [1.82, 2.24) is 10.2 Å². The SMILES string of the molecule is COc1ccc(CCC2CCCCN2C(=O)C(C)NC(=O)c2cccs2)cc1OC. The maximum Gasteiger partial charge on any atom is 0.261 e. The van der Waals surface area contributed by atoms with E-state index >= 15 is 0 Å². The van der Waals surface area contributed by atoms with Gasteiger partial charge in [-0.15, -0.1) is 11.3 Å². The molecule has 0 saturated carbocycles. The average Bonchev–Trinajstić information content (AvgIpc) is 3.32. The van der Waals surface area contributed by atoms with Crippen LogP contribution in [0.25, 0.3) is 0 Å². The molecule has 7 heteroatoms. The van der Waals surface area contributed by atoms with E-state index in [-0.39, 0.29) is 17.9 Å². The Morgan fingerprint density at radius 3 is 2.70 bits per heavy atom. The summed E-state index contributed by atoms with van der Waals surface area (Å²) < 4.78 is 10.7. The number of carbonyl (C=O) groups excluding carboxylic acids is 2. The van der Waals surface area contributed by atoms with Gasteiger partial charge in [0.1, 0.15) is 6.04 Å². The van der Waals surface area contributed by atoms with Crippen LogP contribution in [0.5, 0.6) is 11.5 Å². The van der Waals surface area contributed by atoms with Crippen molar-refractivity contribution >= 4 is 23.2 Å². The van der Waals surface area contributed by atoms with Crippen LogP contribution in [0.3, 0.4) is 0 Å². The molecule has 0 bridgehead atoms. The summed E-state index contributed by atoms with van der Waals surface area (Å²) in [6, 6.07) is 9.20. The van der Waals surface area contributed by atoms with Crippen molar-refractivity contribution in [2.75, 3.05) is 20.8 Å². The van der Waals surface area contributed by atoms with E-state index in [1.54, 1.807) is 27.2 Å². The normalized spacial score (nSPS) is 17.3. The lowest BCUT2D eigenvalue weighted by atomic mass is 9.95. The molecule has 1 N–H and O–H groups in total. The van der Waals surface area contributed by atoms with Crippen molar-refractivity contribution < 1.29 is 19.1 Å². The molecular formula is C23H30N2O4S. The molecule has 2 aromatic rings. The van der Waals surface area contributed by atoms with Gasteiger partial charge in [0.2, 0.25) is 5.91 Å². The maximum atomic E-state index is 13.1. The number of benzene rings is 1. The molecule has 1 aromatic carbocycles. The molecule has 2 unspecified atom stereocenters. The molecule has 0 aliphatic carbocycles. The number of hydrogen-bond donors (Lipinski definition) is 1. The van der Waals surface area contributed by atoms with Gasteiger partial charge in [0, 0.05) is 12.6 Å². The fraction of sp³-hybridized carbons (Fsp3) is 0.478. The number of carbonyl (C=O) groups is 2. The van der Waals surface area contributed by atoms with Crippen LogP contribution in [-0.4, -0.2) is 49.6 Å². The Hall–Kier alpha value is -2.54. The fourth-order valence-corrected chi connectivity index (χ4v) is 4.57. The predicted molar refractivity (Wildman–Crippen MR) is 118 cm³/mol. The van der Waals surface area contributed by atoms with Crippen LogP contribution in [0.1, 0.15) is 47.8 Å². The molecule has 1 aliphatic heterocycles. The molecule has 162 valence electrons. The minimum absolute atomic E-state index is 0.00285. The Morgan fingerprint density at radius 2 is 2.00 bits per heavy atom. The van der Waals surface area contributed by atoms with Crippen LogP contribution in [0, 0.1) is 0 Å². The number of nitrogens with zero attached hydrogens (tertiary/aromatic N) is 1. The number of methoxy groups -OCH3 is 2. The Morgan fingerprint density at radius 1 is 1.20 bits per heavy atom. The molecule has 3 rings (SSSR count). The van der Waals surface area contributed by atoms with E-state index in [4.69, 9.17) is 9.47 Å². The number of aryl methyl sites for hydroxylation is 1. The molecule has 0 radical (unpaired) electrons. The lowest BCUT2D eigenvalue weighted by Gasteiger charge is -2.37. The quantitative estimate of drug-likeness (QED) is 0.690. The Kier molecular flexibility index (Phi) is 7.74. The number of likely N-dealkylation sites (tertiary alicyclic amines) is 1. The lowest BCUT2D eigenvalue weighted by molar-refractivity contribution is -0.136. The van der Waals surface area contributed by atoms with Crippen LogP contribution in [0.15, 0.2) is 35.7 Å². The summed E-state index contributed by atoms with van der Waals surface area (Å²) in [6.45, 7) is 2.52. The van der Waals surface area contributed by atoms with Crippen LogP contribution in [0.2, 0.25) is 0 Å². The molecular weight excluding hydrogens is 400 g/mol. The largest absolute Gasteiger partial charge is 0.493 e. The first-order valence-electron chi connectivity index (χ1n) is 10.4. The van der Waals surface area contributed by atoms with Crippen LogP contribution >= 0.6 is 11.3 Å². The third-order valence-electron chi connectivity index (χ3n) is 5.59. The molecule has 0 spiro atoms. The molecule has 2 heterocycles. The van der Waals surface area contributed by atoms with Crippen molar-refractivity contribution in [3.8, 4) is 11.5 Å². The van der Waals surface area contributed by atoms with Gasteiger partial charge in [-0.05, 0) is 68.2 Å². The van der Waals surface area contributed by atoms with Crippen LogP contribution in [-0.2, 0) is 11.2 Å². The highest BCUT2D eigenvalue weighted by molar-refractivity contribution is 7.12. The van der Waals surface area contributed by atoms with Gasteiger partial charge in [0.15, 0.2) is 11.5 Å². The topological polar surface area (TPSA) is 67.9 Å². The molecule has 1 aliphatic rings. The van der Waals surface area contributed by atoms with E-state index in [0.717, 1.165) is 50.0 Å². The van der Waals surface area contributed by atoms with Gasteiger partial charge in [0.25, 0.3) is 5.91 Å². The van der Waals surface area contributed by atoms with Crippen molar-refractivity contribution in [3.05, 3.63) is 46.2 Å². The van der Waals surface area contributed by atoms with Gasteiger partial charge in [-0.3, -0.25) is 9.59 Å². The second-order valence-electron chi connectivity index (χ2n) is 7.58. The first-order valence-corrected chi connectivity index (χ1v) is 11.3. The van der Waals surface area contributed by atoms with E-state index in [1.165, 1.54) is 11.3 Å². The van der Waals surface area contributed by atoms with E-state index in [0.29, 0.717) is 10.6 Å². The van der Waals surface area contributed by atoms with E-state index in [1.807, 2.05) is 34.5 Å². The first-order chi connectivity index (χ1) is 14.5. The minimum Gasteiger partial charge on any atom is -0.493 e. The van der Waals surface area contributed by atoms with Crippen molar-refractivity contribution in [2.24, 2.45) is 0 Å². The van der Waals surface area contributed by atoms with Gasteiger partial charge in [0.05, 0.1) is 19.1 Å². The van der Waals surface area contributed by atoms with Gasteiger partial charge in [-0.2, -0.15) is 0 Å². The number of rotatable bonds is 8. The average molecular weight is 431 g/mol. The molecule has 30 heavy (non-hydrogen) atoms. The minimum atomic E-state index is -0.540. The van der Waals surface area contributed by atoms with Crippen LogP contribution < -0.4 is 14.8 Å².